The Balaban J connectivity index is 1.93. The smallest absolute Gasteiger partial charge is 0.231 e. The molecule has 0 radical (unpaired) electrons. The van der Waals surface area contributed by atoms with Crippen LogP contribution in [0.3, 0.4) is 0 Å². The highest BCUT2D eigenvalue weighted by atomic mass is 16.7. The summed E-state index contributed by atoms with van der Waals surface area (Å²) in [6, 6.07) is 7.96. The van der Waals surface area contributed by atoms with Crippen LogP contribution in [0.5, 0.6) is 11.5 Å². The third kappa shape index (κ3) is 2.02. The Labute approximate surface area is 110 Å². The summed E-state index contributed by atoms with van der Waals surface area (Å²) in [5, 5.41) is 9.04. The first-order valence-electron chi connectivity index (χ1n) is 6.16. The van der Waals surface area contributed by atoms with E-state index in [2.05, 4.69) is 16.0 Å². The van der Waals surface area contributed by atoms with Gasteiger partial charge >= 0.3 is 0 Å². The molecular formula is C14H13N3O2. The van der Waals surface area contributed by atoms with Gasteiger partial charge in [0.05, 0.1) is 18.0 Å². The fourth-order valence-electron chi connectivity index (χ4n) is 2.07. The van der Waals surface area contributed by atoms with Crippen molar-refractivity contribution in [3.63, 3.8) is 0 Å². The standard InChI is InChI=1S/C14H13N3O2/c1-2-9(6-15)14-16-7-11(17-14)10-3-4-12-13(5-10)19-8-18-12/h3-5,7,9H,2,8H2,1H3,(H,16,17). The maximum Gasteiger partial charge on any atom is 0.231 e. The number of nitrogens with one attached hydrogen (secondary N) is 1. The molecule has 0 saturated heterocycles. The van der Waals surface area contributed by atoms with E-state index in [-0.39, 0.29) is 12.7 Å². The predicted molar refractivity (Wildman–Crippen MR) is 68.8 cm³/mol. The van der Waals surface area contributed by atoms with E-state index in [1.54, 1.807) is 6.20 Å². The number of hydrogen-bond acceptors (Lipinski definition) is 4. The van der Waals surface area contributed by atoms with E-state index in [0.29, 0.717) is 5.82 Å². The maximum atomic E-state index is 9.04. The minimum Gasteiger partial charge on any atom is -0.454 e. The fourth-order valence-corrected chi connectivity index (χ4v) is 2.07. The largest absolute Gasteiger partial charge is 0.454 e. The molecule has 5 nitrogen and oxygen atoms in total. The van der Waals surface area contributed by atoms with E-state index in [0.717, 1.165) is 29.2 Å². The number of hydrogen-bond donors (Lipinski definition) is 1. The fraction of sp³-hybridized carbons (Fsp3) is 0.286. The van der Waals surface area contributed by atoms with Crippen LogP contribution in [0, 0.1) is 11.3 Å². The molecule has 2 heterocycles. The van der Waals surface area contributed by atoms with Gasteiger partial charge < -0.3 is 14.5 Å². The first kappa shape index (κ1) is 11.6. The number of fused-ring (bicyclic) bond motifs is 1. The van der Waals surface area contributed by atoms with E-state index in [9.17, 15) is 0 Å². The van der Waals surface area contributed by atoms with Crippen LogP contribution in [0.15, 0.2) is 24.4 Å². The van der Waals surface area contributed by atoms with Crippen LogP contribution in [-0.4, -0.2) is 16.8 Å². The van der Waals surface area contributed by atoms with Crippen LogP contribution in [0.4, 0.5) is 0 Å². The van der Waals surface area contributed by atoms with Gasteiger partial charge in [0.25, 0.3) is 0 Å². The quantitative estimate of drug-likeness (QED) is 0.915. The molecule has 0 aliphatic carbocycles. The summed E-state index contributed by atoms with van der Waals surface area (Å²) in [5.41, 5.74) is 1.85. The van der Waals surface area contributed by atoms with E-state index >= 15 is 0 Å². The normalized spacial score (nSPS) is 14.1. The van der Waals surface area contributed by atoms with Gasteiger partial charge in [-0.2, -0.15) is 5.26 Å². The molecule has 0 saturated carbocycles. The van der Waals surface area contributed by atoms with Crippen molar-refractivity contribution in [2.45, 2.75) is 19.3 Å². The molecule has 1 atom stereocenters. The Bertz CT molecular complexity index is 642. The third-order valence-electron chi connectivity index (χ3n) is 3.17. The van der Waals surface area contributed by atoms with Crippen LogP contribution in [0.2, 0.25) is 0 Å². The minimum absolute atomic E-state index is 0.192. The number of ether oxygens (including phenoxy) is 2. The molecule has 1 aliphatic heterocycles. The van der Waals surface area contributed by atoms with Crippen LogP contribution in [-0.2, 0) is 0 Å². The second-order valence-electron chi connectivity index (χ2n) is 4.34. The van der Waals surface area contributed by atoms with Crippen LogP contribution in [0.25, 0.3) is 11.3 Å². The van der Waals surface area contributed by atoms with Gasteiger partial charge in [-0.15, -0.1) is 0 Å². The Hall–Kier alpha value is -2.48. The number of H-pyrrole nitrogens is 1. The van der Waals surface area contributed by atoms with E-state index < -0.39 is 0 Å². The molecule has 1 aliphatic rings. The van der Waals surface area contributed by atoms with Crippen LogP contribution < -0.4 is 9.47 Å². The zero-order chi connectivity index (χ0) is 13.2. The summed E-state index contributed by atoms with van der Waals surface area (Å²) in [4.78, 5) is 7.47. The lowest BCUT2D eigenvalue weighted by atomic mass is 10.1. The molecule has 19 heavy (non-hydrogen) atoms. The van der Waals surface area contributed by atoms with Crippen molar-refractivity contribution in [2.24, 2.45) is 0 Å². The van der Waals surface area contributed by atoms with Gasteiger partial charge in [0.1, 0.15) is 11.7 Å². The van der Waals surface area contributed by atoms with Gasteiger partial charge in [-0.3, -0.25) is 0 Å². The number of nitriles is 1. The SMILES string of the molecule is CCC(C#N)c1ncc(-c2ccc3c(c2)OCO3)[nH]1. The average molecular weight is 255 g/mol. The number of rotatable bonds is 3. The molecule has 0 amide bonds. The molecule has 1 aromatic heterocycles. The Kier molecular flexibility index (Phi) is 2.84. The molecular weight excluding hydrogens is 242 g/mol. The van der Waals surface area contributed by atoms with Gasteiger partial charge in [0.15, 0.2) is 11.5 Å². The molecule has 1 N–H and O–H groups in total. The van der Waals surface area contributed by atoms with Crippen molar-refractivity contribution < 1.29 is 9.47 Å². The van der Waals surface area contributed by atoms with Crippen molar-refractivity contribution in [1.29, 1.82) is 5.26 Å². The lowest BCUT2D eigenvalue weighted by molar-refractivity contribution is 0.174. The maximum absolute atomic E-state index is 9.04. The van der Waals surface area contributed by atoms with E-state index in [1.807, 2.05) is 25.1 Å². The number of aromatic amines is 1. The topological polar surface area (TPSA) is 70.9 Å². The second-order valence-corrected chi connectivity index (χ2v) is 4.34. The number of benzene rings is 1. The van der Waals surface area contributed by atoms with Gasteiger partial charge in [0.2, 0.25) is 6.79 Å². The lowest BCUT2D eigenvalue weighted by Gasteiger charge is -2.02. The van der Waals surface area contributed by atoms with Crippen LogP contribution >= 0.6 is 0 Å². The molecule has 1 unspecified atom stereocenters. The number of aromatic nitrogens is 2. The molecule has 0 spiro atoms. The van der Waals surface area contributed by atoms with E-state index in [4.69, 9.17) is 14.7 Å². The first-order chi connectivity index (χ1) is 9.31. The molecule has 0 bridgehead atoms. The van der Waals surface area contributed by atoms with Gasteiger partial charge in [-0.05, 0) is 24.6 Å². The van der Waals surface area contributed by atoms with Crippen molar-refractivity contribution in [3.05, 3.63) is 30.2 Å². The Morgan fingerprint density at radius 3 is 3.05 bits per heavy atom. The molecule has 1 aromatic carbocycles. The highest BCUT2D eigenvalue weighted by molar-refractivity contribution is 5.64. The molecule has 96 valence electrons. The van der Waals surface area contributed by atoms with Gasteiger partial charge in [-0.1, -0.05) is 6.92 Å². The molecule has 0 fully saturated rings. The van der Waals surface area contributed by atoms with Crippen molar-refractivity contribution >= 4 is 0 Å². The summed E-state index contributed by atoms with van der Waals surface area (Å²) >= 11 is 0. The molecule has 2 aromatic rings. The zero-order valence-corrected chi connectivity index (χ0v) is 10.5. The third-order valence-corrected chi connectivity index (χ3v) is 3.17. The minimum atomic E-state index is -0.192. The predicted octanol–water partition coefficient (Wildman–Crippen LogP) is 2.82. The Morgan fingerprint density at radius 2 is 2.26 bits per heavy atom. The summed E-state index contributed by atoms with van der Waals surface area (Å²) in [6.45, 7) is 2.23. The first-order valence-corrected chi connectivity index (χ1v) is 6.16. The lowest BCUT2D eigenvalue weighted by Crippen LogP contribution is -1.95. The van der Waals surface area contributed by atoms with Crippen molar-refractivity contribution in [1.82, 2.24) is 9.97 Å². The average Bonchev–Trinajstić information content (AvgIpc) is 3.08. The molecule has 3 rings (SSSR count). The van der Waals surface area contributed by atoms with Crippen molar-refractivity contribution in [3.8, 4) is 28.8 Å². The zero-order valence-electron chi connectivity index (χ0n) is 10.5. The van der Waals surface area contributed by atoms with Gasteiger partial charge in [-0.25, -0.2) is 4.98 Å². The van der Waals surface area contributed by atoms with Crippen molar-refractivity contribution in [2.75, 3.05) is 6.79 Å². The highest BCUT2D eigenvalue weighted by Gasteiger charge is 2.16. The summed E-state index contributed by atoms with van der Waals surface area (Å²) in [7, 11) is 0. The highest BCUT2D eigenvalue weighted by Crippen LogP contribution is 2.35. The Morgan fingerprint density at radius 1 is 1.42 bits per heavy atom. The van der Waals surface area contributed by atoms with E-state index in [1.165, 1.54) is 0 Å². The van der Waals surface area contributed by atoms with Crippen LogP contribution in [0.1, 0.15) is 25.1 Å². The molecule has 5 heteroatoms. The van der Waals surface area contributed by atoms with Gasteiger partial charge in [0, 0.05) is 5.56 Å². The monoisotopic (exact) mass is 255 g/mol. The number of nitrogens with zero attached hydrogens (tertiary/aromatic N) is 2. The summed E-state index contributed by atoms with van der Waals surface area (Å²) in [5.74, 6) is 2.01. The summed E-state index contributed by atoms with van der Waals surface area (Å²) < 4.78 is 10.6. The summed E-state index contributed by atoms with van der Waals surface area (Å²) in [6.07, 6.45) is 2.48. The second kappa shape index (κ2) is 4.65. The number of imidazole rings is 1.